The number of carbonyl (C=O) groups excluding carboxylic acids is 2. The van der Waals surface area contributed by atoms with Crippen molar-refractivity contribution in [3.63, 3.8) is 0 Å². The highest BCUT2D eigenvalue weighted by Gasteiger charge is 2.34. The van der Waals surface area contributed by atoms with E-state index in [1.807, 2.05) is 31.2 Å². The molecule has 1 aliphatic heterocycles. The van der Waals surface area contributed by atoms with E-state index in [0.29, 0.717) is 6.54 Å². The van der Waals surface area contributed by atoms with Crippen LogP contribution in [0.2, 0.25) is 0 Å². The first-order valence-corrected chi connectivity index (χ1v) is 8.50. The number of halogens is 1. The minimum absolute atomic E-state index is 0.0620. The predicted molar refractivity (Wildman–Crippen MR) is 96.7 cm³/mol. The summed E-state index contributed by atoms with van der Waals surface area (Å²) in [5.41, 5.74) is 1.80. The number of carbonyl (C=O) groups is 3. The molecular weight excluding hydrogens is 351 g/mol. The standard InChI is InChI=1S/C20H19FN2O4/c1-12-2-4-13(5-3-12)10-23-11-15(9-18(23)24)19(25)22-17-7-6-14(20(26)27)8-16(17)21/h2-8,15H,9-11H2,1H3,(H,22,25)(H,26,27). The molecule has 1 aliphatic rings. The molecule has 6 nitrogen and oxygen atoms in total. The average Bonchev–Trinajstić information content (AvgIpc) is 2.99. The van der Waals surface area contributed by atoms with Gasteiger partial charge in [-0.3, -0.25) is 9.59 Å². The van der Waals surface area contributed by atoms with E-state index in [0.717, 1.165) is 17.2 Å². The summed E-state index contributed by atoms with van der Waals surface area (Å²) >= 11 is 0. The summed E-state index contributed by atoms with van der Waals surface area (Å²) in [4.78, 5) is 37.1. The zero-order valence-corrected chi connectivity index (χ0v) is 14.7. The van der Waals surface area contributed by atoms with Crippen molar-refractivity contribution < 1.29 is 23.9 Å². The van der Waals surface area contributed by atoms with Gasteiger partial charge >= 0.3 is 5.97 Å². The van der Waals surface area contributed by atoms with Gasteiger partial charge in [0.25, 0.3) is 0 Å². The van der Waals surface area contributed by atoms with Crippen molar-refractivity contribution in [2.45, 2.75) is 19.9 Å². The Bertz CT molecular complexity index is 895. The molecule has 2 aromatic carbocycles. The number of nitrogens with zero attached hydrogens (tertiary/aromatic N) is 1. The summed E-state index contributed by atoms with van der Waals surface area (Å²) in [5.74, 6) is -3.25. The normalized spacial score (nSPS) is 16.4. The summed E-state index contributed by atoms with van der Waals surface area (Å²) in [7, 11) is 0. The molecule has 0 radical (unpaired) electrons. The molecule has 1 unspecified atom stereocenters. The smallest absolute Gasteiger partial charge is 0.335 e. The van der Waals surface area contributed by atoms with Gasteiger partial charge in [-0.2, -0.15) is 0 Å². The number of aromatic carboxylic acids is 1. The fraction of sp³-hybridized carbons (Fsp3) is 0.250. The van der Waals surface area contributed by atoms with Gasteiger partial charge in [0.1, 0.15) is 5.82 Å². The zero-order chi connectivity index (χ0) is 19.6. The van der Waals surface area contributed by atoms with E-state index < -0.39 is 23.6 Å². The maximum atomic E-state index is 14.0. The number of rotatable bonds is 5. The van der Waals surface area contributed by atoms with Crippen LogP contribution in [-0.2, 0) is 16.1 Å². The molecule has 0 aliphatic carbocycles. The molecule has 1 fully saturated rings. The van der Waals surface area contributed by atoms with Gasteiger partial charge in [0.05, 0.1) is 17.2 Å². The topological polar surface area (TPSA) is 86.7 Å². The highest BCUT2D eigenvalue weighted by molar-refractivity contribution is 5.97. The van der Waals surface area contributed by atoms with Gasteiger partial charge in [-0.05, 0) is 30.7 Å². The first kappa shape index (κ1) is 18.6. The first-order chi connectivity index (χ1) is 12.8. The van der Waals surface area contributed by atoms with Crippen molar-refractivity contribution >= 4 is 23.5 Å². The van der Waals surface area contributed by atoms with E-state index in [1.54, 1.807) is 4.90 Å². The highest BCUT2D eigenvalue weighted by atomic mass is 19.1. The van der Waals surface area contributed by atoms with E-state index in [2.05, 4.69) is 5.32 Å². The molecule has 1 saturated heterocycles. The summed E-state index contributed by atoms with van der Waals surface area (Å²) < 4.78 is 14.0. The molecule has 7 heteroatoms. The van der Waals surface area contributed by atoms with Crippen molar-refractivity contribution in [3.8, 4) is 0 Å². The Balaban J connectivity index is 1.63. The number of anilines is 1. The Labute approximate surface area is 155 Å². The largest absolute Gasteiger partial charge is 0.478 e. The SMILES string of the molecule is Cc1ccc(CN2CC(C(=O)Nc3ccc(C(=O)O)cc3F)CC2=O)cc1. The van der Waals surface area contributed by atoms with Gasteiger partial charge in [0.15, 0.2) is 0 Å². The molecule has 3 rings (SSSR count). The van der Waals surface area contributed by atoms with Gasteiger partial charge < -0.3 is 15.3 Å². The molecule has 0 aromatic heterocycles. The second-order valence-electron chi connectivity index (χ2n) is 6.65. The Morgan fingerprint density at radius 3 is 2.56 bits per heavy atom. The van der Waals surface area contributed by atoms with Crippen LogP contribution in [0.3, 0.4) is 0 Å². The van der Waals surface area contributed by atoms with Crippen molar-refractivity contribution in [3.05, 3.63) is 65.0 Å². The Morgan fingerprint density at radius 2 is 1.93 bits per heavy atom. The van der Waals surface area contributed by atoms with Crippen LogP contribution >= 0.6 is 0 Å². The summed E-state index contributed by atoms with van der Waals surface area (Å²) in [5, 5.41) is 11.3. The number of carboxylic acid groups (broad SMARTS) is 1. The lowest BCUT2D eigenvalue weighted by molar-refractivity contribution is -0.128. The number of hydrogen-bond acceptors (Lipinski definition) is 3. The molecule has 27 heavy (non-hydrogen) atoms. The number of amides is 2. The van der Waals surface area contributed by atoms with Gasteiger partial charge in [0, 0.05) is 19.5 Å². The second kappa shape index (κ2) is 7.57. The molecule has 140 valence electrons. The third-order valence-electron chi connectivity index (χ3n) is 4.55. The molecular formula is C20H19FN2O4. The molecule has 0 spiro atoms. The van der Waals surface area contributed by atoms with Crippen LogP contribution in [0.25, 0.3) is 0 Å². The molecule has 0 saturated carbocycles. The predicted octanol–water partition coefficient (Wildman–Crippen LogP) is 2.82. The molecule has 1 atom stereocenters. The maximum Gasteiger partial charge on any atom is 0.335 e. The first-order valence-electron chi connectivity index (χ1n) is 8.50. The maximum absolute atomic E-state index is 14.0. The lowest BCUT2D eigenvalue weighted by Gasteiger charge is -2.17. The number of hydrogen-bond donors (Lipinski definition) is 2. The number of benzene rings is 2. The number of nitrogens with one attached hydrogen (secondary N) is 1. The van der Waals surface area contributed by atoms with Crippen LogP contribution in [0, 0.1) is 18.7 Å². The van der Waals surface area contributed by atoms with E-state index in [9.17, 15) is 18.8 Å². The van der Waals surface area contributed by atoms with Crippen LogP contribution in [-0.4, -0.2) is 34.3 Å². The van der Waals surface area contributed by atoms with Crippen LogP contribution in [0.15, 0.2) is 42.5 Å². The third kappa shape index (κ3) is 4.31. The molecule has 2 N–H and O–H groups in total. The lowest BCUT2D eigenvalue weighted by Crippen LogP contribution is -2.28. The van der Waals surface area contributed by atoms with Crippen LogP contribution < -0.4 is 5.32 Å². The average molecular weight is 370 g/mol. The minimum Gasteiger partial charge on any atom is -0.478 e. The van der Waals surface area contributed by atoms with Crippen molar-refractivity contribution in [2.75, 3.05) is 11.9 Å². The zero-order valence-electron chi connectivity index (χ0n) is 14.7. The Kier molecular flexibility index (Phi) is 5.21. The monoisotopic (exact) mass is 370 g/mol. The molecule has 2 amide bonds. The minimum atomic E-state index is -1.25. The van der Waals surface area contributed by atoms with Crippen LogP contribution in [0.1, 0.15) is 27.9 Å². The van der Waals surface area contributed by atoms with Crippen molar-refractivity contribution in [2.24, 2.45) is 5.92 Å². The fourth-order valence-electron chi connectivity index (χ4n) is 3.00. The highest BCUT2D eigenvalue weighted by Crippen LogP contribution is 2.23. The van der Waals surface area contributed by atoms with E-state index in [-0.39, 0.29) is 30.1 Å². The second-order valence-corrected chi connectivity index (χ2v) is 6.65. The number of carboxylic acids is 1. The van der Waals surface area contributed by atoms with Crippen LogP contribution in [0.5, 0.6) is 0 Å². The molecule has 1 heterocycles. The van der Waals surface area contributed by atoms with E-state index in [1.165, 1.54) is 12.1 Å². The van der Waals surface area contributed by atoms with Gasteiger partial charge in [-0.25, -0.2) is 9.18 Å². The summed E-state index contributed by atoms with van der Waals surface area (Å²) in [6.45, 7) is 2.66. The van der Waals surface area contributed by atoms with Gasteiger partial charge in [0.2, 0.25) is 11.8 Å². The quantitative estimate of drug-likeness (QED) is 0.847. The van der Waals surface area contributed by atoms with E-state index in [4.69, 9.17) is 5.11 Å². The number of aryl methyl sites for hydroxylation is 1. The van der Waals surface area contributed by atoms with Gasteiger partial charge in [-0.15, -0.1) is 0 Å². The van der Waals surface area contributed by atoms with Crippen molar-refractivity contribution in [1.82, 2.24) is 4.90 Å². The van der Waals surface area contributed by atoms with Crippen LogP contribution in [0.4, 0.5) is 10.1 Å². The lowest BCUT2D eigenvalue weighted by atomic mass is 10.1. The van der Waals surface area contributed by atoms with E-state index >= 15 is 0 Å². The summed E-state index contributed by atoms with van der Waals surface area (Å²) in [6, 6.07) is 11.1. The number of likely N-dealkylation sites (tertiary alicyclic amines) is 1. The fourth-order valence-corrected chi connectivity index (χ4v) is 3.00. The third-order valence-corrected chi connectivity index (χ3v) is 4.55. The van der Waals surface area contributed by atoms with Gasteiger partial charge in [-0.1, -0.05) is 29.8 Å². The molecule has 2 aromatic rings. The summed E-state index contributed by atoms with van der Waals surface area (Å²) in [6.07, 6.45) is 0.0620. The Hall–Kier alpha value is -3.22. The Morgan fingerprint density at radius 1 is 1.22 bits per heavy atom. The molecule has 0 bridgehead atoms. The van der Waals surface area contributed by atoms with Crippen molar-refractivity contribution in [1.29, 1.82) is 0 Å².